The van der Waals surface area contributed by atoms with E-state index in [1.165, 1.54) is 12.1 Å². The van der Waals surface area contributed by atoms with Crippen LogP contribution < -0.4 is 4.74 Å². The summed E-state index contributed by atoms with van der Waals surface area (Å²) >= 11 is 0. The molecular weight excluding hydrogens is 268 g/mol. The Morgan fingerprint density at radius 2 is 1.95 bits per heavy atom. The van der Waals surface area contributed by atoms with Gasteiger partial charge in [-0.25, -0.2) is 0 Å². The third kappa shape index (κ3) is 3.80. The zero-order chi connectivity index (χ0) is 15.2. The number of nitro groups is 1. The number of benzene rings is 2. The summed E-state index contributed by atoms with van der Waals surface area (Å²) in [5.74, 6) is 0.691. The summed E-state index contributed by atoms with van der Waals surface area (Å²) in [6.45, 7) is 2.37. The van der Waals surface area contributed by atoms with Crippen molar-refractivity contribution in [3.63, 3.8) is 0 Å². The molecule has 0 bridgehead atoms. The Morgan fingerprint density at radius 3 is 2.57 bits per heavy atom. The standard InChI is InChI=1S/C16H14N2O3/c1-12-2-3-14(11-17)10-16(12)21-9-8-13-4-6-15(7-5-13)18(19)20/h2-7,10H,8-9H2,1H3. The molecule has 5 nitrogen and oxygen atoms in total. The van der Waals surface area contributed by atoms with Crippen molar-refractivity contribution in [2.24, 2.45) is 0 Å². The van der Waals surface area contributed by atoms with Crippen molar-refractivity contribution in [3.8, 4) is 11.8 Å². The van der Waals surface area contributed by atoms with Crippen LogP contribution in [0, 0.1) is 28.4 Å². The van der Waals surface area contributed by atoms with Gasteiger partial charge in [-0.15, -0.1) is 0 Å². The zero-order valence-corrected chi connectivity index (χ0v) is 11.6. The van der Waals surface area contributed by atoms with Gasteiger partial charge in [0.2, 0.25) is 0 Å². The first kappa shape index (κ1) is 14.5. The van der Waals surface area contributed by atoms with Crippen LogP contribution in [0.5, 0.6) is 5.75 Å². The molecule has 0 N–H and O–H groups in total. The molecule has 0 atom stereocenters. The monoisotopic (exact) mass is 282 g/mol. The maximum atomic E-state index is 10.6. The molecule has 0 heterocycles. The lowest BCUT2D eigenvalue weighted by molar-refractivity contribution is -0.384. The van der Waals surface area contributed by atoms with E-state index in [9.17, 15) is 10.1 Å². The Morgan fingerprint density at radius 1 is 1.24 bits per heavy atom. The van der Waals surface area contributed by atoms with E-state index in [2.05, 4.69) is 6.07 Å². The maximum absolute atomic E-state index is 10.6. The van der Waals surface area contributed by atoms with Gasteiger partial charge in [-0.1, -0.05) is 18.2 Å². The van der Waals surface area contributed by atoms with Gasteiger partial charge in [-0.3, -0.25) is 10.1 Å². The first-order valence-corrected chi connectivity index (χ1v) is 6.47. The fraction of sp³-hybridized carbons (Fsp3) is 0.188. The van der Waals surface area contributed by atoms with Crippen molar-refractivity contribution in [1.29, 1.82) is 5.26 Å². The van der Waals surface area contributed by atoms with Crippen LogP contribution in [0.2, 0.25) is 0 Å². The van der Waals surface area contributed by atoms with Gasteiger partial charge < -0.3 is 4.74 Å². The molecule has 21 heavy (non-hydrogen) atoms. The highest BCUT2D eigenvalue weighted by atomic mass is 16.6. The molecule has 0 unspecified atom stereocenters. The smallest absolute Gasteiger partial charge is 0.269 e. The lowest BCUT2D eigenvalue weighted by atomic mass is 10.1. The first-order valence-electron chi connectivity index (χ1n) is 6.47. The predicted molar refractivity (Wildman–Crippen MR) is 78.2 cm³/mol. The van der Waals surface area contributed by atoms with E-state index < -0.39 is 4.92 Å². The van der Waals surface area contributed by atoms with Crippen LogP contribution in [0.1, 0.15) is 16.7 Å². The van der Waals surface area contributed by atoms with Crippen molar-refractivity contribution in [3.05, 3.63) is 69.3 Å². The second kappa shape index (κ2) is 6.53. The Hall–Kier alpha value is -2.87. The average molecular weight is 282 g/mol. The molecule has 0 aliphatic rings. The van der Waals surface area contributed by atoms with Crippen molar-refractivity contribution in [2.45, 2.75) is 13.3 Å². The fourth-order valence-corrected chi connectivity index (χ4v) is 1.89. The van der Waals surface area contributed by atoms with E-state index >= 15 is 0 Å². The predicted octanol–water partition coefficient (Wildman–Crippen LogP) is 3.40. The van der Waals surface area contributed by atoms with E-state index in [1.54, 1.807) is 24.3 Å². The highest BCUT2D eigenvalue weighted by Gasteiger charge is 2.05. The van der Waals surface area contributed by atoms with E-state index in [0.717, 1.165) is 11.1 Å². The summed E-state index contributed by atoms with van der Waals surface area (Å²) in [5, 5.41) is 19.4. The van der Waals surface area contributed by atoms with Crippen molar-refractivity contribution < 1.29 is 9.66 Å². The Bertz CT molecular complexity index is 688. The number of ether oxygens (including phenoxy) is 1. The number of hydrogen-bond acceptors (Lipinski definition) is 4. The Kier molecular flexibility index (Phi) is 4.52. The lowest BCUT2D eigenvalue weighted by Gasteiger charge is -2.09. The number of rotatable bonds is 5. The van der Waals surface area contributed by atoms with Crippen LogP contribution in [0.3, 0.4) is 0 Å². The van der Waals surface area contributed by atoms with E-state index in [-0.39, 0.29) is 5.69 Å². The van der Waals surface area contributed by atoms with Crippen LogP contribution in [-0.2, 0) is 6.42 Å². The number of nitriles is 1. The molecule has 2 rings (SSSR count). The van der Waals surface area contributed by atoms with Gasteiger partial charge in [-0.2, -0.15) is 5.26 Å². The Labute approximate surface area is 122 Å². The molecule has 0 amide bonds. The molecule has 0 saturated heterocycles. The molecule has 2 aromatic carbocycles. The van der Waals surface area contributed by atoms with Crippen LogP contribution >= 0.6 is 0 Å². The number of non-ortho nitro benzene ring substituents is 1. The van der Waals surface area contributed by atoms with E-state index in [1.807, 2.05) is 13.0 Å². The van der Waals surface area contributed by atoms with Gasteiger partial charge in [0.1, 0.15) is 5.75 Å². The Balaban J connectivity index is 1.95. The highest BCUT2D eigenvalue weighted by Crippen LogP contribution is 2.19. The SMILES string of the molecule is Cc1ccc(C#N)cc1OCCc1ccc([N+](=O)[O-])cc1. The fourth-order valence-electron chi connectivity index (χ4n) is 1.89. The first-order chi connectivity index (χ1) is 10.1. The van der Waals surface area contributed by atoms with Gasteiger partial charge in [-0.05, 0) is 30.2 Å². The number of nitrogens with zero attached hydrogens (tertiary/aromatic N) is 2. The molecule has 0 aromatic heterocycles. The molecule has 0 aliphatic heterocycles. The molecular formula is C16H14N2O3. The third-order valence-electron chi connectivity index (χ3n) is 3.11. The largest absolute Gasteiger partial charge is 0.493 e. The molecule has 0 spiro atoms. The second-order valence-corrected chi connectivity index (χ2v) is 4.61. The molecule has 0 radical (unpaired) electrons. The summed E-state index contributed by atoms with van der Waals surface area (Å²) in [4.78, 5) is 10.1. The maximum Gasteiger partial charge on any atom is 0.269 e. The molecule has 2 aromatic rings. The summed E-state index contributed by atoms with van der Waals surface area (Å²) in [6, 6.07) is 13.8. The van der Waals surface area contributed by atoms with Gasteiger partial charge in [0.05, 0.1) is 23.2 Å². The average Bonchev–Trinajstić information content (AvgIpc) is 2.49. The molecule has 0 fully saturated rings. The van der Waals surface area contributed by atoms with E-state index in [4.69, 9.17) is 10.00 Å². The van der Waals surface area contributed by atoms with Gasteiger partial charge in [0.25, 0.3) is 5.69 Å². The summed E-state index contributed by atoms with van der Waals surface area (Å²) in [7, 11) is 0. The second-order valence-electron chi connectivity index (χ2n) is 4.61. The lowest BCUT2D eigenvalue weighted by Crippen LogP contribution is -2.03. The summed E-state index contributed by atoms with van der Waals surface area (Å²) in [5.41, 5.74) is 2.58. The van der Waals surface area contributed by atoms with Gasteiger partial charge in [0.15, 0.2) is 0 Å². The molecule has 106 valence electrons. The third-order valence-corrected chi connectivity index (χ3v) is 3.11. The molecule has 0 aliphatic carbocycles. The molecule has 0 saturated carbocycles. The van der Waals surface area contributed by atoms with Crippen molar-refractivity contribution in [2.75, 3.05) is 6.61 Å². The minimum Gasteiger partial charge on any atom is -0.493 e. The summed E-state index contributed by atoms with van der Waals surface area (Å²) in [6.07, 6.45) is 0.647. The van der Waals surface area contributed by atoms with Crippen LogP contribution in [0.15, 0.2) is 42.5 Å². The number of aryl methyl sites for hydroxylation is 1. The van der Waals surface area contributed by atoms with Crippen LogP contribution in [0.4, 0.5) is 5.69 Å². The minimum absolute atomic E-state index is 0.0808. The minimum atomic E-state index is -0.420. The topological polar surface area (TPSA) is 76.2 Å². The highest BCUT2D eigenvalue weighted by molar-refractivity contribution is 5.41. The number of hydrogen-bond donors (Lipinski definition) is 0. The van der Waals surface area contributed by atoms with Gasteiger partial charge in [0, 0.05) is 18.6 Å². The normalized spacial score (nSPS) is 9.90. The number of nitro benzene ring substituents is 1. The van der Waals surface area contributed by atoms with Crippen molar-refractivity contribution >= 4 is 5.69 Å². The zero-order valence-electron chi connectivity index (χ0n) is 11.6. The summed E-state index contributed by atoms with van der Waals surface area (Å²) < 4.78 is 5.68. The van der Waals surface area contributed by atoms with Crippen LogP contribution in [-0.4, -0.2) is 11.5 Å². The van der Waals surface area contributed by atoms with Crippen LogP contribution in [0.25, 0.3) is 0 Å². The van der Waals surface area contributed by atoms with Crippen molar-refractivity contribution in [1.82, 2.24) is 0 Å². The van der Waals surface area contributed by atoms with Gasteiger partial charge >= 0.3 is 0 Å². The molecule has 5 heteroatoms. The van der Waals surface area contributed by atoms with E-state index in [0.29, 0.717) is 24.3 Å². The quantitative estimate of drug-likeness (QED) is 0.622.